The molecule has 1 heterocycles. The molecule has 1 aliphatic heterocycles. The van der Waals surface area contributed by atoms with Gasteiger partial charge in [0.05, 0.1) is 18.3 Å². The zero-order chi connectivity index (χ0) is 30.7. The van der Waals surface area contributed by atoms with Crippen molar-refractivity contribution in [3.63, 3.8) is 0 Å². The average Bonchev–Trinajstić information content (AvgIpc) is 2.91. The minimum atomic E-state index is -5.22. The summed E-state index contributed by atoms with van der Waals surface area (Å²) >= 11 is 5.65. The van der Waals surface area contributed by atoms with E-state index in [1.807, 2.05) is 0 Å². The Bertz CT molecular complexity index is 1200. The molecule has 5 nitrogen and oxygen atoms in total. The number of hydrogen-bond acceptors (Lipinski definition) is 5. The average molecular weight is 618 g/mol. The molecule has 12 heteroatoms. The Morgan fingerprint density at radius 2 is 1.50 bits per heavy atom. The van der Waals surface area contributed by atoms with E-state index in [1.54, 1.807) is 0 Å². The highest BCUT2D eigenvalue weighted by atomic mass is 32.1. The van der Waals surface area contributed by atoms with Crippen LogP contribution in [0.1, 0.15) is 57.6 Å². The molecule has 2 aromatic carbocycles. The van der Waals surface area contributed by atoms with Gasteiger partial charge in [-0.25, -0.2) is 0 Å². The molecular weight excluding hydrogens is 580 g/mol. The molecule has 0 amide bonds. The van der Waals surface area contributed by atoms with Crippen LogP contribution in [0.2, 0.25) is 0 Å². The van der Waals surface area contributed by atoms with Gasteiger partial charge in [0, 0.05) is 43.6 Å². The van der Waals surface area contributed by atoms with Crippen LogP contribution in [-0.2, 0) is 16.3 Å². The van der Waals surface area contributed by atoms with Crippen molar-refractivity contribution in [1.29, 1.82) is 0 Å². The van der Waals surface area contributed by atoms with Gasteiger partial charge in [0.2, 0.25) is 0 Å². The van der Waals surface area contributed by atoms with Crippen molar-refractivity contribution in [2.75, 3.05) is 43.0 Å². The Balaban J connectivity index is 1.20. The fraction of sp³-hybridized carbons (Fsp3) is 0.567. The molecular formula is C30H37F6N3O2S. The summed E-state index contributed by atoms with van der Waals surface area (Å²) in [7, 11) is 0. The number of nitrogens with one attached hydrogen (secondary N) is 1. The monoisotopic (exact) mass is 617 g/mol. The first-order valence-electron chi connectivity index (χ1n) is 14.1. The van der Waals surface area contributed by atoms with Crippen LogP contribution in [0.4, 0.5) is 37.7 Å². The maximum Gasteiger partial charge on any atom is 0.573 e. The summed E-state index contributed by atoms with van der Waals surface area (Å²) in [5, 5.41) is 3.02. The minimum Gasteiger partial charge on any atom is -0.405 e. The van der Waals surface area contributed by atoms with E-state index in [0.717, 1.165) is 37.2 Å². The number of benzene rings is 2. The molecule has 1 saturated heterocycles. The largest absolute Gasteiger partial charge is 0.573 e. The van der Waals surface area contributed by atoms with Crippen molar-refractivity contribution < 1.29 is 35.8 Å². The molecule has 0 aromatic heterocycles. The van der Waals surface area contributed by atoms with Gasteiger partial charge in [-0.1, -0.05) is 45.1 Å². The van der Waals surface area contributed by atoms with Crippen LogP contribution in [0.25, 0.3) is 0 Å². The van der Waals surface area contributed by atoms with Crippen LogP contribution in [0.5, 0.6) is 5.75 Å². The van der Waals surface area contributed by atoms with Crippen molar-refractivity contribution in [2.24, 2.45) is 0 Å². The Morgan fingerprint density at radius 1 is 0.881 bits per heavy atom. The highest BCUT2D eigenvalue weighted by Crippen LogP contribution is 2.40. The molecule has 1 N–H and O–H groups in total. The zero-order valence-corrected chi connectivity index (χ0v) is 24.8. The molecule has 0 radical (unpaired) electrons. The van der Waals surface area contributed by atoms with E-state index in [4.69, 9.17) is 17.0 Å². The van der Waals surface area contributed by atoms with Gasteiger partial charge in [0.25, 0.3) is 0 Å². The zero-order valence-electron chi connectivity index (χ0n) is 23.9. The van der Waals surface area contributed by atoms with E-state index in [2.05, 4.69) is 64.9 Å². The van der Waals surface area contributed by atoms with Crippen LogP contribution >= 0.6 is 12.2 Å². The maximum atomic E-state index is 13.4. The van der Waals surface area contributed by atoms with Gasteiger partial charge in [-0.3, -0.25) is 0 Å². The summed E-state index contributed by atoms with van der Waals surface area (Å²) in [6, 6.07) is 11.1. The van der Waals surface area contributed by atoms with Crippen molar-refractivity contribution in [2.45, 2.75) is 76.6 Å². The molecule has 1 aliphatic carbocycles. The lowest BCUT2D eigenvalue weighted by Crippen LogP contribution is -2.49. The first-order chi connectivity index (χ1) is 19.6. The Labute approximate surface area is 248 Å². The van der Waals surface area contributed by atoms with Crippen LogP contribution < -0.4 is 15.0 Å². The number of alkyl halides is 6. The number of nitrogens with zero attached hydrogens (tertiary/aromatic N) is 2. The standard InChI is InChI=1S/C30H37F6N3O2S/c1-28(2,3)20-4-9-23(10-5-20)38-14-16-39(17-15-38)27(42)19-40-24-11-6-21(7-12-24)37-22-8-13-26(41-30(34,35)36)25(18-22)29(31,32)33/h4-5,8-10,13,18,21,24,37H,6-7,11-12,14-17,19H2,1-3H3/t21-,24+. The molecule has 1 saturated carbocycles. The lowest BCUT2D eigenvalue weighted by atomic mass is 9.87. The predicted octanol–water partition coefficient (Wildman–Crippen LogP) is 7.79. The summed E-state index contributed by atoms with van der Waals surface area (Å²) in [4.78, 5) is 5.29. The predicted molar refractivity (Wildman–Crippen MR) is 155 cm³/mol. The summed E-state index contributed by atoms with van der Waals surface area (Å²) in [6.07, 6.45) is -7.55. The molecule has 0 unspecified atom stereocenters. The van der Waals surface area contributed by atoms with Crippen LogP contribution in [0.3, 0.4) is 0 Å². The third-order valence-corrected chi connectivity index (χ3v) is 8.11. The Morgan fingerprint density at radius 3 is 2.05 bits per heavy atom. The molecule has 42 heavy (non-hydrogen) atoms. The Kier molecular flexibility index (Phi) is 9.86. The molecule has 4 rings (SSSR count). The van der Waals surface area contributed by atoms with Gasteiger partial charge in [-0.2, -0.15) is 13.2 Å². The molecule has 0 spiro atoms. The third-order valence-electron chi connectivity index (χ3n) is 7.73. The number of anilines is 2. The summed E-state index contributed by atoms with van der Waals surface area (Å²) in [5.74, 6) is -1.27. The highest BCUT2D eigenvalue weighted by Gasteiger charge is 2.39. The first kappa shape index (κ1) is 32.2. The molecule has 232 valence electrons. The van der Waals surface area contributed by atoms with Crippen LogP contribution in [0, 0.1) is 0 Å². The summed E-state index contributed by atoms with van der Waals surface area (Å²) in [6.45, 7) is 10.3. The molecule has 2 aliphatic rings. The van der Waals surface area contributed by atoms with E-state index in [1.165, 1.54) is 11.3 Å². The summed E-state index contributed by atoms with van der Waals surface area (Å²) < 4.78 is 87.3. The van der Waals surface area contributed by atoms with Crippen LogP contribution in [0.15, 0.2) is 42.5 Å². The third kappa shape index (κ3) is 8.89. The van der Waals surface area contributed by atoms with E-state index in [0.29, 0.717) is 44.4 Å². The van der Waals surface area contributed by atoms with Gasteiger partial charge < -0.3 is 24.6 Å². The van der Waals surface area contributed by atoms with Crippen molar-refractivity contribution >= 4 is 28.6 Å². The van der Waals surface area contributed by atoms with Gasteiger partial charge in [0.15, 0.2) is 0 Å². The number of ether oxygens (including phenoxy) is 2. The first-order valence-corrected chi connectivity index (χ1v) is 14.5. The fourth-order valence-corrected chi connectivity index (χ4v) is 5.58. The smallest absolute Gasteiger partial charge is 0.405 e. The number of piperazine rings is 1. The van der Waals surface area contributed by atoms with Crippen molar-refractivity contribution in [3.05, 3.63) is 53.6 Å². The van der Waals surface area contributed by atoms with E-state index >= 15 is 0 Å². The molecule has 0 atom stereocenters. The van der Waals surface area contributed by atoms with Gasteiger partial charge >= 0.3 is 12.5 Å². The SMILES string of the molecule is CC(C)(C)c1ccc(N2CCN(C(=S)CO[C@H]3CC[C@@H](Nc4ccc(OC(F)(F)F)c(C(F)(F)F)c4)CC3)CC2)cc1. The molecule has 2 fully saturated rings. The maximum absolute atomic E-state index is 13.4. The number of hydrogen-bond donors (Lipinski definition) is 1. The topological polar surface area (TPSA) is 37.0 Å². The van der Waals surface area contributed by atoms with E-state index in [-0.39, 0.29) is 23.2 Å². The lowest BCUT2D eigenvalue weighted by molar-refractivity contribution is -0.276. The van der Waals surface area contributed by atoms with Gasteiger partial charge in [-0.15, -0.1) is 13.2 Å². The normalized spacial score (nSPS) is 20.4. The van der Waals surface area contributed by atoms with E-state index < -0.39 is 23.9 Å². The van der Waals surface area contributed by atoms with Crippen LogP contribution in [-0.4, -0.2) is 61.2 Å². The van der Waals surface area contributed by atoms with Gasteiger partial charge in [0.1, 0.15) is 10.7 Å². The Hall–Kier alpha value is -2.73. The minimum absolute atomic E-state index is 0.0167. The second-order valence-electron chi connectivity index (χ2n) is 11.9. The second kappa shape index (κ2) is 12.9. The van der Waals surface area contributed by atoms with Gasteiger partial charge in [-0.05, 0) is 67.0 Å². The second-order valence-corrected chi connectivity index (χ2v) is 12.3. The van der Waals surface area contributed by atoms with Crippen molar-refractivity contribution in [1.82, 2.24) is 4.90 Å². The molecule has 0 bridgehead atoms. The number of thiocarbonyl (C=S) groups is 1. The van der Waals surface area contributed by atoms with E-state index in [9.17, 15) is 26.3 Å². The molecule has 2 aromatic rings. The number of rotatable bonds is 7. The summed E-state index contributed by atoms with van der Waals surface area (Å²) in [5.41, 5.74) is 1.23. The number of halogens is 6. The fourth-order valence-electron chi connectivity index (χ4n) is 5.33. The quantitative estimate of drug-likeness (QED) is 0.253. The van der Waals surface area contributed by atoms with Crippen molar-refractivity contribution in [3.8, 4) is 5.75 Å². The highest BCUT2D eigenvalue weighted by molar-refractivity contribution is 7.80. The lowest BCUT2D eigenvalue weighted by Gasteiger charge is -2.38.